The van der Waals surface area contributed by atoms with Crippen LogP contribution in [0, 0.1) is 35.5 Å². The van der Waals surface area contributed by atoms with E-state index in [0.717, 1.165) is 42.6 Å². The van der Waals surface area contributed by atoms with Gasteiger partial charge in [0, 0.05) is 0 Å². The molecule has 4 rings (SSSR count). The number of hydrogen-bond donors (Lipinski definition) is 0. The number of carbonyl (C=O) groups is 1. The summed E-state index contributed by atoms with van der Waals surface area (Å²) in [4.78, 5) is 11.6. The van der Waals surface area contributed by atoms with Crippen LogP contribution in [0.3, 0.4) is 0 Å². The van der Waals surface area contributed by atoms with Crippen LogP contribution in [0.4, 0.5) is 0 Å². The molecular formula is C17H28O3. The summed E-state index contributed by atoms with van der Waals surface area (Å²) < 4.78 is 10.9. The van der Waals surface area contributed by atoms with Crippen molar-refractivity contribution in [3.63, 3.8) is 0 Å². The van der Waals surface area contributed by atoms with Crippen molar-refractivity contribution in [2.75, 3.05) is 13.4 Å². The van der Waals surface area contributed by atoms with E-state index in [1.54, 1.807) is 0 Å². The maximum atomic E-state index is 11.6. The third-order valence-corrected chi connectivity index (χ3v) is 6.03. The van der Waals surface area contributed by atoms with Gasteiger partial charge in [-0.1, -0.05) is 13.8 Å². The van der Waals surface area contributed by atoms with Gasteiger partial charge in [-0.15, -0.1) is 0 Å². The van der Waals surface area contributed by atoms with E-state index in [1.807, 2.05) is 13.8 Å². The quantitative estimate of drug-likeness (QED) is 0.423. The molecule has 0 N–H and O–H groups in total. The molecule has 114 valence electrons. The zero-order valence-corrected chi connectivity index (χ0v) is 12.8. The standard InChI is InChI=1S/C17H28O3/c1-3-11(2)17(18)20-10-19-9-16-14-5-12-4-13(7-14)8-15(16)6-12/h11-16H,3-10H2,1-2H3. The Kier molecular flexibility index (Phi) is 4.34. The first-order chi connectivity index (χ1) is 9.67. The van der Waals surface area contributed by atoms with Gasteiger partial charge >= 0.3 is 5.97 Å². The van der Waals surface area contributed by atoms with Gasteiger partial charge in [-0.05, 0) is 68.1 Å². The van der Waals surface area contributed by atoms with Crippen LogP contribution in [-0.4, -0.2) is 19.4 Å². The van der Waals surface area contributed by atoms with Crippen molar-refractivity contribution in [3.05, 3.63) is 0 Å². The van der Waals surface area contributed by atoms with Crippen molar-refractivity contribution in [3.8, 4) is 0 Å². The van der Waals surface area contributed by atoms with Crippen molar-refractivity contribution < 1.29 is 14.3 Å². The molecule has 0 aliphatic heterocycles. The highest BCUT2D eigenvalue weighted by atomic mass is 16.7. The van der Waals surface area contributed by atoms with Crippen LogP contribution in [0.1, 0.15) is 52.4 Å². The van der Waals surface area contributed by atoms with Gasteiger partial charge in [-0.3, -0.25) is 4.79 Å². The van der Waals surface area contributed by atoms with Gasteiger partial charge in [-0.2, -0.15) is 0 Å². The fraction of sp³-hybridized carbons (Fsp3) is 0.941. The Morgan fingerprint density at radius 2 is 1.70 bits per heavy atom. The highest BCUT2D eigenvalue weighted by Gasteiger charge is 2.47. The summed E-state index contributed by atoms with van der Waals surface area (Å²) >= 11 is 0. The third kappa shape index (κ3) is 2.88. The van der Waals surface area contributed by atoms with E-state index in [2.05, 4.69) is 0 Å². The number of esters is 1. The molecule has 0 spiro atoms. The minimum Gasteiger partial charge on any atom is -0.438 e. The lowest BCUT2D eigenvalue weighted by Gasteiger charge is -2.54. The second-order valence-corrected chi connectivity index (χ2v) is 7.36. The van der Waals surface area contributed by atoms with Crippen molar-refractivity contribution in [2.45, 2.75) is 52.4 Å². The summed E-state index contributed by atoms with van der Waals surface area (Å²) in [5.74, 6) is 4.38. The van der Waals surface area contributed by atoms with Gasteiger partial charge in [0.05, 0.1) is 12.5 Å². The van der Waals surface area contributed by atoms with Crippen LogP contribution in [0.5, 0.6) is 0 Å². The second kappa shape index (κ2) is 6.05. The molecule has 4 saturated carbocycles. The van der Waals surface area contributed by atoms with E-state index in [4.69, 9.17) is 9.47 Å². The summed E-state index contributed by atoms with van der Waals surface area (Å²) in [5.41, 5.74) is 0. The zero-order valence-electron chi connectivity index (χ0n) is 12.8. The van der Waals surface area contributed by atoms with Crippen LogP contribution in [-0.2, 0) is 14.3 Å². The average Bonchev–Trinajstić information content (AvgIpc) is 2.43. The number of ether oxygens (including phenoxy) is 2. The number of hydrogen-bond acceptors (Lipinski definition) is 3. The molecule has 4 bridgehead atoms. The molecule has 0 aromatic heterocycles. The number of carbonyl (C=O) groups excluding carboxylic acids is 1. The first-order valence-corrected chi connectivity index (χ1v) is 8.41. The highest BCUT2D eigenvalue weighted by Crippen LogP contribution is 2.56. The van der Waals surface area contributed by atoms with Crippen LogP contribution < -0.4 is 0 Å². The lowest BCUT2D eigenvalue weighted by Crippen LogP contribution is -2.46. The van der Waals surface area contributed by atoms with Crippen molar-refractivity contribution >= 4 is 5.97 Å². The molecule has 4 fully saturated rings. The SMILES string of the molecule is CCC(C)C(=O)OCOCC1C2CC3CC(C2)CC1C3. The fourth-order valence-electron chi connectivity index (χ4n) is 4.90. The van der Waals surface area contributed by atoms with E-state index >= 15 is 0 Å². The summed E-state index contributed by atoms with van der Waals surface area (Å²) in [6, 6.07) is 0. The zero-order chi connectivity index (χ0) is 14.1. The highest BCUT2D eigenvalue weighted by molar-refractivity contribution is 5.71. The Bertz CT molecular complexity index is 324. The Morgan fingerprint density at radius 1 is 1.10 bits per heavy atom. The Morgan fingerprint density at radius 3 is 2.25 bits per heavy atom. The largest absolute Gasteiger partial charge is 0.438 e. The normalized spacial score (nSPS) is 39.8. The molecule has 4 aliphatic carbocycles. The van der Waals surface area contributed by atoms with Crippen LogP contribution >= 0.6 is 0 Å². The summed E-state index contributed by atoms with van der Waals surface area (Å²) in [5, 5.41) is 0. The Labute approximate surface area is 122 Å². The summed E-state index contributed by atoms with van der Waals surface area (Å²) in [6.07, 6.45) is 8.02. The predicted molar refractivity (Wildman–Crippen MR) is 76.9 cm³/mol. The first-order valence-electron chi connectivity index (χ1n) is 8.41. The molecule has 0 saturated heterocycles. The molecule has 0 aromatic carbocycles. The second-order valence-electron chi connectivity index (χ2n) is 7.36. The van der Waals surface area contributed by atoms with E-state index in [0.29, 0.717) is 0 Å². The van der Waals surface area contributed by atoms with Gasteiger partial charge in [-0.25, -0.2) is 0 Å². The van der Waals surface area contributed by atoms with Crippen LogP contribution in [0.2, 0.25) is 0 Å². The van der Waals surface area contributed by atoms with Crippen molar-refractivity contribution in [1.29, 1.82) is 0 Å². The minimum atomic E-state index is -0.127. The summed E-state index contributed by atoms with van der Waals surface area (Å²) in [6.45, 7) is 4.84. The third-order valence-electron chi connectivity index (χ3n) is 6.03. The number of rotatable bonds is 6. The van der Waals surface area contributed by atoms with Gasteiger partial charge in [0.15, 0.2) is 6.79 Å². The Balaban J connectivity index is 1.40. The lowest BCUT2D eigenvalue weighted by molar-refractivity contribution is -0.165. The van der Waals surface area contributed by atoms with Gasteiger partial charge in [0.2, 0.25) is 0 Å². The van der Waals surface area contributed by atoms with Crippen LogP contribution in [0.15, 0.2) is 0 Å². The topological polar surface area (TPSA) is 35.5 Å². The maximum Gasteiger partial charge on any atom is 0.310 e. The molecule has 3 heteroatoms. The van der Waals surface area contributed by atoms with E-state index in [9.17, 15) is 4.79 Å². The first kappa shape index (κ1) is 14.4. The van der Waals surface area contributed by atoms with E-state index in [-0.39, 0.29) is 18.7 Å². The minimum absolute atomic E-state index is 0.0141. The van der Waals surface area contributed by atoms with Crippen molar-refractivity contribution in [1.82, 2.24) is 0 Å². The Hall–Kier alpha value is -0.570. The molecule has 0 aromatic rings. The van der Waals surface area contributed by atoms with Gasteiger partial charge in [0.1, 0.15) is 0 Å². The molecule has 1 atom stereocenters. The summed E-state index contributed by atoms with van der Waals surface area (Å²) in [7, 11) is 0. The predicted octanol–water partition coefficient (Wildman–Crippen LogP) is 3.62. The molecule has 0 heterocycles. The smallest absolute Gasteiger partial charge is 0.310 e. The van der Waals surface area contributed by atoms with Gasteiger partial charge < -0.3 is 9.47 Å². The molecule has 0 amide bonds. The molecular weight excluding hydrogens is 252 g/mol. The molecule has 1 unspecified atom stereocenters. The maximum absolute atomic E-state index is 11.6. The van der Waals surface area contributed by atoms with Gasteiger partial charge in [0.25, 0.3) is 0 Å². The van der Waals surface area contributed by atoms with Crippen LogP contribution in [0.25, 0.3) is 0 Å². The molecule has 0 radical (unpaired) electrons. The lowest BCUT2D eigenvalue weighted by atomic mass is 9.52. The average molecular weight is 280 g/mol. The van der Waals surface area contributed by atoms with E-state index < -0.39 is 0 Å². The van der Waals surface area contributed by atoms with Crippen molar-refractivity contribution in [2.24, 2.45) is 35.5 Å². The molecule has 3 nitrogen and oxygen atoms in total. The monoisotopic (exact) mass is 280 g/mol. The fourth-order valence-corrected chi connectivity index (χ4v) is 4.90. The van der Waals surface area contributed by atoms with E-state index in [1.165, 1.54) is 32.1 Å². The molecule has 4 aliphatic rings. The molecule has 20 heavy (non-hydrogen) atoms.